The number of pyridine rings is 1. The third kappa shape index (κ3) is 4.06. The molecular weight excluding hydrogens is 407 g/mol. The predicted molar refractivity (Wildman–Crippen MR) is 84.1 cm³/mol. The van der Waals surface area contributed by atoms with E-state index in [4.69, 9.17) is 5.41 Å². The minimum Gasteiger partial charge on any atom is -0.346 e. The number of carbonyl (C=O) groups is 1. The molecule has 2 aromatic rings. The monoisotopic (exact) mass is 418 g/mol. The van der Waals surface area contributed by atoms with Gasteiger partial charge in [0.2, 0.25) is 0 Å². The molecule has 0 fully saturated rings. The molecule has 0 amide bonds. The Labute approximate surface area is 129 Å². The molecule has 1 heterocycles. The van der Waals surface area contributed by atoms with Crippen LogP contribution < -0.4 is 5.36 Å². The Morgan fingerprint density at radius 3 is 2.22 bits per heavy atom. The fourth-order valence-electron chi connectivity index (χ4n) is 1.46. The normalized spacial score (nSPS) is 9.61. The number of nitrogens with one attached hydrogen (secondary N) is 1. The molecule has 94 valence electrons. The van der Waals surface area contributed by atoms with Crippen molar-refractivity contribution in [3.8, 4) is 0 Å². The van der Waals surface area contributed by atoms with E-state index >= 15 is 0 Å². The summed E-state index contributed by atoms with van der Waals surface area (Å²) >= 11 is 2.21. The smallest absolute Gasteiger partial charge is 0.182 e. The lowest BCUT2D eigenvalue weighted by Crippen LogP contribution is -2.12. The molecule has 0 saturated heterocycles. The molecule has 0 atom stereocenters. The van der Waals surface area contributed by atoms with Crippen LogP contribution in [0.1, 0.15) is 10.4 Å². The highest BCUT2D eigenvalue weighted by Gasteiger charge is 2.05. The first-order valence-corrected chi connectivity index (χ1v) is 6.22. The number of benzene rings is 1. The minimum atomic E-state index is 0. The van der Waals surface area contributed by atoms with Crippen molar-refractivity contribution in [3.05, 3.63) is 63.3 Å². The molecule has 1 aromatic carbocycles. The van der Waals surface area contributed by atoms with E-state index in [0.717, 1.165) is 3.57 Å². The third-order valence-electron chi connectivity index (χ3n) is 2.38. The molecule has 0 radical (unpaired) electrons. The Balaban J connectivity index is 0.00000162. The largest absolute Gasteiger partial charge is 0.346 e. The number of carbonyl (C=O) groups excluding carboxylic acids is 1. The van der Waals surface area contributed by atoms with Crippen LogP contribution in [-0.2, 0) is 6.54 Å². The minimum absolute atomic E-state index is 0. The van der Waals surface area contributed by atoms with E-state index in [2.05, 4.69) is 22.6 Å². The van der Waals surface area contributed by atoms with Gasteiger partial charge in [0.05, 0.1) is 11.9 Å². The van der Waals surface area contributed by atoms with Crippen LogP contribution in [0.5, 0.6) is 0 Å². The van der Waals surface area contributed by atoms with E-state index in [-0.39, 0.29) is 22.8 Å². The maximum atomic E-state index is 11.9. The van der Waals surface area contributed by atoms with Crippen molar-refractivity contribution in [2.75, 3.05) is 0 Å². The van der Waals surface area contributed by atoms with E-state index in [9.17, 15) is 4.79 Å². The van der Waals surface area contributed by atoms with Gasteiger partial charge >= 0.3 is 0 Å². The van der Waals surface area contributed by atoms with Gasteiger partial charge in [-0.15, -0.1) is 17.0 Å². The van der Waals surface area contributed by atoms with Crippen LogP contribution in [0.25, 0.3) is 0 Å². The van der Waals surface area contributed by atoms with Crippen LogP contribution in [0.2, 0.25) is 0 Å². The second-order valence-corrected chi connectivity index (χ2v) is 4.93. The van der Waals surface area contributed by atoms with Crippen LogP contribution in [0.3, 0.4) is 0 Å². The van der Waals surface area contributed by atoms with E-state index < -0.39 is 0 Å². The van der Waals surface area contributed by atoms with Gasteiger partial charge in [-0.25, -0.2) is 0 Å². The fourth-order valence-corrected chi connectivity index (χ4v) is 1.82. The number of aromatic nitrogens is 1. The molecule has 5 heteroatoms. The molecule has 0 bridgehead atoms. The summed E-state index contributed by atoms with van der Waals surface area (Å²) in [5.74, 6) is 0.0733. The van der Waals surface area contributed by atoms with Crippen LogP contribution in [0.4, 0.5) is 0 Å². The van der Waals surface area contributed by atoms with Gasteiger partial charge in [-0.1, -0.05) is 12.1 Å². The van der Waals surface area contributed by atoms with Crippen molar-refractivity contribution in [2.24, 2.45) is 0 Å². The van der Waals surface area contributed by atoms with Gasteiger partial charge in [0, 0.05) is 21.5 Å². The second-order valence-electron chi connectivity index (χ2n) is 3.69. The van der Waals surface area contributed by atoms with Crippen LogP contribution in [-0.4, -0.2) is 10.4 Å². The molecule has 3 nitrogen and oxygen atoms in total. The average Bonchev–Trinajstić information content (AvgIpc) is 2.33. The topological polar surface area (TPSA) is 45.9 Å². The molecule has 0 unspecified atom stereocenters. The van der Waals surface area contributed by atoms with Crippen molar-refractivity contribution in [3.63, 3.8) is 0 Å². The number of hydrogen-bond donors (Lipinski definition) is 1. The maximum Gasteiger partial charge on any atom is 0.182 e. The first kappa shape index (κ1) is 15.1. The zero-order valence-corrected chi connectivity index (χ0v) is 13.3. The molecule has 18 heavy (non-hydrogen) atoms. The lowest BCUT2D eigenvalue weighted by molar-refractivity contribution is 0.0972. The van der Waals surface area contributed by atoms with Crippen LogP contribution >= 0.6 is 39.6 Å². The summed E-state index contributed by atoms with van der Waals surface area (Å²) in [6.07, 6.45) is 3.49. The van der Waals surface area contributed by atoms with E-state index in [1.54, 1.807) is 29.1 Å². The zero-order valence-electron chi connectivity index (χ0n) is 9.47. The van der Waals surface area contributed by atoms with E-state index in [1.165, 1.54) is 0 Å². The molecular formula is C13H12BrIN2O. The summed E-state index contributed by atoms with van der Waals surface area (Å²) in [4.78, 5) is 11.9. The van der Waals surface area contributed by atoms with Crippen molar-refractivity contribution in [1.82, 2.24) is 4.57 Å². The standard InChI is InChI=1S/C13H11IN2O.BrH/c14-11-3-1-10(2-4-11)13(17)9-16-7-5-12(15)6-8-16;/h1-8,15H,9H2;1H. The average molecular weight is 419 g/mol. The molecule has 0 aliphatic rings. The lowest BCUT2D eigenvalue weighted by Gasteiger charge is -2.05. The first-order chi connectivity index (χ1) is 8.15. The summed E-state index contributed by atoms with van der Waals surface area (Å²) in [6, 6.07) is 10.9. The Bertz CT molecular complexity index is 572. The summed E-state index contributed by atoms with van der Waals surface area (Å²) in [6.45, 7) is 0.306. The van der Waals surface area contributed by atoms with Crippen LogP contribution in [0, 0.1) is 8.98 Å². The highest BCUT2D eigenvalue weighted by Crippen LogP contribution is 2.08. The number of hydrogen-bond acceptors (Lipinski definition) is 2. The quantitative estimate of drug-likeness (QED) is 0.604. The Hall–Kier alpha value is -0.950. The Morgan fingerprint density at radius 2 is 1.67 bits per heavy atom. The molecule has 0 saturated carbocycles. The molecule has 0 aliphatic heterocycles. The number of Topliss-reactive ketones (excluding diaryl/α,β-unsaturated/α-hetero) is 1. The fraction of sp³-hybridized carbons (Fsp3) is 0.0769. The van der Waals surface area contributed by atoms with Crippen LogP contribution in [0.15, 0.2) is 48.8 Å². The number of ketones is 1. The van der Waals surface area contributed by atoms with Crippen molar-refractivity contribution in [1.29, 1.82) is 5.41 Å². The number of rotatable bonds is 3. The number of halogens is 2. The summed E-state index contributed by atoms with van der Waals surface area (Å²) < 4.78 is 2.89. The summed E-state index contributed by atoms with van der Waals surface area (Å²) in [7, 11) is 0. The van der Waals surface area contributed by atoms with Gasteiger partial charge in [-0.05, 0) is 46.9 Å². The first-order valence-electron chi connectivity index (χ1n) is 5.14. The van der Waals surface area contributed by atoms with Gasteiger partial charge in [-0.2, -0.15) is 0 Å². The number of nitrogens with zero attached hydrogens (tertiary/aromatic N) is 1. The van der Waals surface area contributed by atoms with E-state index in [1.807, 2.05) is 24.3 Å². The lowest BCUT2D eigenvalue weighted by atomic mass is 10.1. The molecule has 0 aliphatic carbocycles. The van der Waals surface area contributed by atoms with Gasteiger partial charge in [0.1, 0.15) is 0 Å². The third-order valence-corrected chi connectivity index (χ3v) is 3.10. The van der Waals surface area contributed by atoms with Crippen molar-refractivity contribution < 1.29 is 4.79 Å². The van der Waals surface area contributed by atoms with Gasteiger partial charge in [0.25, 0.3) is 0 Å². The maximum absolute atomic E-state index is 11.9. The van der Waals surface area contributed by atoms with E-state index in [0.29, 0.717) is 17.5 Å². The highest BCUT2D eigenvalue weighted by atomic mass is 127. The van der Waals surface area contributed by atoms with Crippen molar-refractivity contribution >= 4 is 45.4 Å². The Kier molecular flexibility index (Phi) is 5.74. The molecule has 1 N–H and O–H groups in total. The highest BCUT2D eigenvalue weighted by molar-refractivity contribution is 14.1. The molecule has 0 spiro atoms. The summed E-state index contributed by atoms with van der Waals surface area (Å²) in [5.41, 5.74) is 0.716. The SMILES string of the molecule is Br.N=c1ccn(CC(=O)c2ccc(I)cc2)cc1. The summed E-state index contributed by atoms with van der Waals surface area (Å²) in [5, 5.41) is 7.81. The molecule has 2 rings (SSSR count). The Morgan fingerprint density at radius 1 is 1.11 bits per heavy atom. The van der Waals surface area contributed by atoms with Gasteiger partial charge in [-0.3, -0.25) is 4.79 Å². The van der Waals surface area contributed by atoms with Gasteiger partial charge in [0.15, 0.2) is 5.78 Å². The van der Waals surface area contributed by atoms with Crippen molar-refractivity contribution in [2.45, 2.75) is 6.54 Å². The predicted octanol–water partition coefficient (Wildman–Crippen LogP) is 3.03. The van der Waals surface area contributed by atoms with Gasteiger partial charge < -0.3 is 9.98 Å². The zero-order chi connectivity index (χ0) is 12.3. The second kappa shape index (κ2) is 6.84. The molecule has 1 aromatic heterocycles.